The van der Waals surface area contributed by atoms with Crippen molar-refractivity contribution in [3.05, 3.63) is 30.3 Å². The summed E-state index contributed by atoms with van der Waals surface area (Å²) in [6.07, 6.45) is 3.57. The highest BCUT2D eigenvalue weighted by Crippen LogP contribution is 2.12. The van der Waals surface area contributed by atoms with E-state index >= 15 is 0 Å². The minimum Gasteiger partial charge on any atom is -0.494 e. The first-order valence-electron chi connectivity index (χ1n) is 6.57. The van der Waals surface area contributed by atoms with Gasteiger partial charge in [-0.25, -0.2) is 0 Å². The van der Waals surface area contributed by atoms with Crippen LogP contribution in [-0.4, -0.2) is 19.7 Å². The Hall–Kier alpha value is -1.02. The van der Waals surface area contributed by atoms with Crippen LogP contribution in [0.1, 0.15) is 33.1 Å². The van der Waals surface area contributed by atoms with Gasteiger partial charge in [0.05, 0.1) is 6.61 Å². The van der Waals surface area contributed by atoms with Crippen molar-refractivity contribution >= 4 is 0 Å². The van der Waals surface area contributed by atoms with Crippen LogP contribution in [0.4, 0.5) is 0 Å². The van der Waals surface area contributed by atoms with Gasteiger partial charge in [0.15, 0.2) is 0 Å². The van der Waals surface area contributed by atoms with Crippen LogP contribution in [0.2, 0.25) is 0 Å². The standard InChI is InChI=1S/C15H25NO/c1-13(2)9-10-14(16-3)11-12-17-15-7-5-4-6-8-15/h4-8,13-14,16H,9-12H2,1-3H3. The minimum atomic E-state index is 0.570. The van der Waals surface area contributed by atoms with Crippen LogP contribution in [0.25, 0.3) is 0 Å². The predicted octanol–water partition coefficient (Wildman–Crippen LogP) is 3.48. The number of ether oxygens (including phenoxy) is 1. The summed E-state index contributed by atoms with van der Waals surface area (Å²) < 4.78 is 5.71. The first-order chi connectivity index (χ1) is 8.22. The van der Waals surface area contributed by atoms with Crippen molar-refractivity contribution in [2.24, 2.45) is 5.92 Å². The first-order valence-corrected chi connectivity index (χ1v) is 6.57. The molecule has 0 saturated heterocycles. The Morgan fingerprint density at radius 2 is 1.76 bits per heavy atom. The maximum Gasteiger partial charge on any atom is 0.119 e. The number of rotatable bonds is 8. The van der Waals surface area contributed by atoms with Gasteiger partial charge in [0.1, 0.15) is 5.75 Å². The van der Waals surface area contributed by atoms with Gasteiger partial charge < -0.3 is 10.1 Å². The van der Waals surface area contributed by atoms with Gasteiger partial charge in [0.25, 0.3) is 0 Å². The molecule has 0 spiro atoms. The van der Waals surface area contributed by atoms with Crippen LogP contribution < -0.4 is 10.1 Å². The largest absolute Gasteiger partial charge is 0.494 e. The van der Waals surface area contributed by atoms with Crippen LogP contribution >= 0.6 is 0 Å². The highest BCUT2D eigenvalue weighted by atomic mass is 16.5. The van der Waals surface area contributed by atoms with E-state index in [1.54, 1.807) is 0 Å². The Labute approximate surface area is 105 Å². The Kier molecular flexibility index (Phi) is 6.71. The van der Waals surface area contributed by atoms with Crippen LogP contribution in [0.15, 0.2) is 30.3 Å². The first kappa shape index (κ1) is 14.0. The summed E-state index contributed by atoms with van der Waals surface area (Å²) in [5.74, 6) is 1.74. The molecule has 0 saturated carbocycles. The zero-order chi connectivity index (χ0) is 12.5. The minimum absolute atomic E-state index is 0.570. The van der Waals surface area contributed by atoms with Crippen LogP contribution in [0, 0.1) is 5.92 Å². The Bertz CT molecular complexity index is 284. The fourth-order valence-corrected chi connectivity index (χ4v) is 1.80. The van der Waals surface area contributed by atoms with E-state index in [0.717, 1.165) is 24.7 Å². The van der Waals surface area contributed by atoms with Gasteiger partial charge in [-0.1, -0.05) is 32.0 Å². The molecule has 0 aliphatic heterocycles. The predicted molar refractivity (Wildman–Crippen MR) is 73.5 cm³/mol. The fourth-order valence-electron chi connectivity index (χ4n) is 1.80. The van der Waals surface area contributed by atoms with Crippen molar-refractivity contribution in [1.29, 1.82) is 0 Å². The van der Waals surface area contributed by atoms with E-state index in [1.165, 1.54) is 12.8 Å². The van der Waals surface area contributed by atoms with Crippen molar-refractivity contribution in [2.75, 3.05) is 13.7 Å². The molecule has 0 aromatic heterocycles. The lowest BCUT2D eigenvalue weighted by Gasteiger charge is -2.17. The molecule has 1 atom stereocenters. The lowest BCUT2D eigenvalue weighted by Crippen LogP contribution is -2.27. The van der Waals surface area contributed by atoms with Crippen LogP contribution in [0.3, 0.4) is 0 Å². The van der Waals surface area contributed by atoms with Gasteiger partial charge in [-0.15, -0.1) is 0 Å². The summed E-state index contributed by atoms with van der Waals surface area (Å²) in [6.45, 7) is 5.33. The summed E-state index contributed by atoms with van der Waals surface area (Å²) in [6, 6.07) is 10.6. The van der Waals surface area contributed by atoms with E-state index in [9.17, 15) is 0 Å². The van der Waals surface area contributed by atoms with E-state index in [-0.39, 0.29) is 0 Å². The number of para-hydroxylation sites is 1. The molecule has 1 N–H and O–H groups in total. The van der Waals surface area contributed by atoms with E-state index in [4.69, 9.17) is 4.74 Å². The van der Waals surface area contributed by atoms with Crippen molar-refractivity contribution < 1.29 is 4.74 Å². The molecule has 0 heterocycles. The lowest BCUT2D eigenvalue weighted by molar-refractivity contribution is 0.280. The molecule has 0 amide bonds. The van der Waals surface area contributed by atoms with E-state index in [1.807, 2.05) is 37.4 Å². The lowest BCUT2D eigenvalue weighted by atomic mass is 10.0. The molecule has 0 aliphatic carbocycles. The van der Waals surface area contributed by atoms with Crippen molar-refractivity contribution in [3.63, 3.8) is 0 Å². The summed E-state index contributed by atoms with van der Waals surface area (Å²) in [5.41, 5.74) is 0. The van der Waals surface area contributed by atoms with Crippen molar-refractivity contribution in [3.8, 4) is 5.75 Å². The zero-order valence-electron chi connectivity index (χ0n) is 11.3. The molecule has 0 radical (unpaired) electrons. The summed E-state index contributed by atoms with van der Waals surface area (Å²) in [4.78, 5) is 0. The van der Waals surface area contributed by atoms with E-state index in [2.05, 4.69) is 19.2 Å². The highest BCUT2D eigenvalue weighted by molar-refractivity contribution is 5.20. The molecule has 2 heteroatoms. The second-order valence-corrected chi connectivity index (χ2v) is 4.91. The smallest absolute Gasteiger partial charge is 0.119 e. The summed E-state index contributed by atoms with van der Waals surface area (Å²) in [7, 11) is 2.04. The van der Waals surface area contributed by atoms with Gasteiger partial charge in [-0.05, 0) is 44.4 Å². The normalized spacial score (nSPS) is 12.7. The quantitative estimate of drug-likeness (QED) is 0.745. The summed E-state index contributed by atoms with van der Waals surface area (Å²) >= 11 is 0. The van der Waals surface area contributed by atoms with Crippen LogP contribution in [0.5, 0.6) is 5.75 Å². The maximum atomic E-state index is 5.71. The average molecular weight is 235 g/mol. The molecule has 1 rings (SSSR count). The summed E-state index contributed by atoms with van der Waals surface area (Å²) in [5, 5.41) is 3.36. The SMILES string of the molecule is CNC(CCOc1ccccc1)CCC(C)C. The third-order valence-electron chi connectivity index (χ3n) is 2.98. The second-order valence-electron chi connectivity index (χ2n) is 4.91. The Balaban J connectivity index is 2.19. The molecule has 96 valence electrons. The second kappa shape index (κ2) is 8.13. The molecule has 0 fully saturated rings. The molecule has 2 nitrogen and oxygen atoms in total. The molecule has 1 aromatic rings. The number of benzene rings is 1. The highest BCUT2D eigenvalue weighted by Gasteiger charge is 2.07. The van der Waals surface area contributed by atoms with E-state index < -0.39 is 0 Å². The molecular formula is C15H25NO. The molecule has 1 unspecified atom stereocenters. The molecule has 0 bridgehead atoms. The van der Waals surface area contributed by atoms with E-state index in [0.29, 0.717) is 6.04 Å². The van der Waals surface area contributed by atoms with Gasteiger partial charge in [-0.3, -0.25) is 0 Å². The third kappa shape index (κ3) is 6.32. The van der Waals surface area contributed by atoms with Gasteiger partial charge in [0.2, 0.25) is 0 Å². The molecular weight excluding hydrogens is 210 g/mol. The van der Waals surface area contributed by atoms with Crippen LogP contribution in [-0.2, 0) is 0 Å². The Morgan fingerprint density at radius 1 is 1.06 bits per heavy atom. The zero-order valence-corrected chi connectivity index (χ0v) is 11.3. The third-order valence-corrected chi connectivity index (χ3v) is 2.98. The number of hydrogen-bond donors (Lipinski definition) is 1. The molecule has 1 aromatic carbocycles. The van der Waals surface area contributed by atoms with Gasteiger partial charge >= 0.3 is 0 Å². The average Bonchev–Trinajstić information content (AvgIpc) is 2.34. The molecule has 17 heavy (non-hydrogen) atoms. The topological polar surface area (TPSA) is 21.3 Å². The van der Waals surface area contributed by atoms with Crippen molar-refractivity contribution in [1.82, 2.24) is 5.32 Å². The fraction of sp³-hybridized carbons (Fsp3) is 0.600. The maximum absolute atomic E-state index is 5.71. The molecule has 0 aliphatic rings. The van der Waals surface area contributed by atoms with Gasteiger partial charge in [0, 0.05) is 6.04 Å². The monoisotopic (exact) mass is 235 g/mol. The number of hydrogen-bond acceptors (Lipinski definition) is 2. The van der Waals surface area contributed by atoms with Gasteiger partial charge in [-0.2, -0.15) is 0 Å². The van der Waals surface area contributed by atoms with Crippen molar-refractivity contribution in [2.45, 2.75) is 39.2 Å². The number of nitrogens with one attached hydrogen (secondary N) is 1. The Morgan fingerprint density at radius 3 is 2.35 bits per heavy atom.